The van der Waals surface area contributed by atoms with Crippen LogP contribution < -0.4 is 5.32 Å². The van der Waals surface area contributed by atoms with Gasteiger partial charge in [-0.2, -0.15) is 0 Å². The van der Waals surface area contributed by atoms with E-state index < -0.39 is 6.04 Å². The molecular weight excluding hydrogens is 431 g/mol. The average Bonchev–Trinajstić information content (AvgIpc) is 3.24. The zero-order valence-electron chi connectivity index (χ0n) is 18.2. The second kappa shape index (κ2) is 11.0. The van der Waals surface area contributed by atoms with Gasteiger partial charge in [-0.05, 0) is 55.0 Å². The van der Waals surface area contributed by atoms with Crippen molar-refractivity contribution in [2.75, 3.05) is 0 Å². The molecule has 0 spiro atoms. The molecule has 166 valence electrons. The minimum Gasteiger partial charge on any atom is -0.352 e. The quantitative estimate of drug-likeness (QED) is 0.548. The van der Waals surface area contributed by atoms with Gasteiger partial charge in [-0.25, -0.2) is 0 Å². The zero-order chi connectivity index (χ0) is 22.4. The summed E-state index contributed by atoms with van der Waals surface area (Å²) in [7, 11) is 0. The number of aryl methyl sites for hydroxylation is 1. The van der Waals surface area contributed by atoms with E-state index in [2.05, 4.69) is 5.32 Å². The molecule has 4 nitrogen and oxygen atoms in total. The zero-order valence-corrected chi connectivity index (χ0v) is 19.7. The third kappa shape index (κ3) is 6.24. The monoisotopic (exact) mass is 460 g/mol. The van der Waals surface area contributed by atoms with Crippen LogP contribution in [0.1, 0.15) is 55.7 Å². The molecule has 1 fully saturated rings. The Kier molecular flexibility index (Phi) is 8.39. The van der Waals surface area contributed by atoms with Crippen molar-refractivity contribution >= 4 is 35.0 Å². The number of rotatable bonds is 8. The van der Waals surface area contributed by atoms with E-state index in [-0.39, 0.29) is 24.3 Å². The van der Waals surface area contributed by atoms with Gasteiger partial charge in [0.1, 0.15) is 6.04 Å². The Morgan fingerprint density at radius 2 is 1.81 bits per heavy atom. The third-order valence-corrected chi connectivity index (χ3v) is 6.63. The van der Waals surface area contributed by atoms with Gasteiger partial charge in [0.2, 0.25) is 11.8 Å². The smallest absolute Gasteiger partial charge is 0.243 e. The molecule has 0 bridgehead atoms. The van der Waals surface area contributed by atoms with Crippen LogP contribution in [-0.2, 0) is 22.6 Å². The molecule has 31 heavy (non-hydrogen) atoms. The van der Waals surface area contributed by atoms with Crippen molar-refractivity contribution in [1.29, 1.82) is 0 Å². The summed E-state index contributed by atoms with van der Waals surface area (Å²) in [6.45, 7) is 4.35. The van der Waals surface area contributed by atoms with Crippen molar-refractivity contribution in [3.05, 3.63) is 69.2 Å². The first-order valence-corrected chi connectivity index (χ1v) is 11.7. The molecule has 0 aromatic heterocycles. The number of hydrogen-bond acceptors (Lipinski definition) is 2. The van der Waals surface area contributed by atoms with Crippen molar-refractivity contribution in [1.82, 2.24) is 10.2 Å². The molecule has 0 radical (unpaired) electrons. The Morgan fingerprint density at radius 3 is 2.45 bits per heavy atom. The Bertz CT molecular complexity index is 925. The molecule has 2 amide bonds. The van der Waals surface area contributed by atoms with Crippen LogP contribution in [-0.4, -0.2) is 28.8 Å². The van der Waals surface area contributed by atoms with Crippen molar-refractivity contribution < 1.29 is 9.59 Å². The fraction of sp³-hybridized carbons (Fsp3) is 0.440. The summed E-state index contributed by atoms with van der Waals surface area (Å²) >= 11 is 12.3. The Labute approximate surface area is 194 Å². The molecular formula is C25H30Cl2N2O2. The lowest BCUT2D eigenvalue weighted by Crippen LogP contribution is -2.51. The minimum atomic E-state index is -0.529. The number of nitrogens with one attached hydrogen (secondary N) is 1. The number of hydrogen-bond donors (Lipinski definition) is 1. The normalized spacial score (nSPS) is 15.0. The van der Waals surface area contributed by atoms with Crippen LogP contribution >= 0.6 is 23.2 Å². The van der Waals surface area contributed by atoms with Gasteiger partial charge in [0.15, 0.2) is 0 Å². The number of carbonyl (C=O) groups is 2. The van der Waals surface area contributed by atoms with Gasteiger partial charge in [-0.15, -0.1) is 0 Å². The SMILES string of the molecule is CC[C@H](C(=O)NC1CCCC1)N(Cc1ccccc1C)C(=O)Cc1ccc(Cl)cc1Cl. The summed E-state index contributed by atoms with van der Waals surface area (Å²) in [6, 6.07) is 12.8. The number of halogens is 2. The lowest BCUT2D eigenvalue weighted by atomic mass is 10.0. The van der Waals surface area contributed by atoms with Gasteiger partial charge in [0.05, 0.1) is 6.42 Å². The van der Waals surface area contributed by atoms with Crippen LogP contribution in [0.25, 0.3) is 0 Å². The maximum Gasteiger partial charge on any atom is 0.243 e. The highest BCUT2D eigenvalue weighted by atomic mass is 35.5. The van der Waals surface area contributed by atoms with Crippen molar-refractivity contribution in [3.63, 3.8) is 0 Å². The minimum absolute atomic E-state index is 0.0708. The molecule has 2 aromatic rings. The molecule has 1 saturated carbocycles. The molecule has 0 unspecified atom stereocenters. The molecule has 3 rings (SSSR count). The maximum absolute atomic E-state index is 13.5. The van der Waals surface area contributed by atoms with Crippen molar-refractivity contribution in [2.45, 2.75) is 71.0 Å². The van der Waals surface area contributed by atoms with Gasteiger partial charge in [0, 0.05) is 22.6 Å². The molecule has 1 N–H and O–H groups in total. The number of carbonyl (C=O) groups excluding carboxylic acids is 2. The molecule has 2 aromatic carbocycles. The van der Waals surface area contributed by atoms with Crippen LogP contribution in [0, 0.1) is 6.92 Å². The van der Waals surface area contributed by atoms with Crippen molar-refractivity contribution in [2.24, 2.45) is 0 Å². The summed E-state index contributed by atoms with van der Waals surface area (Å²) in [5, 5.41) is 4.16. The van der Waals surface area contributed by atoms with Crippen LogP contribution in [0.4, 0.5) is 0 Å². The van der Waals surface area contributed by atoms with Crippen LogP contribution in [0.2, 0.25) is 10.0 Å². The highest BCUT2D eigenvalue weighted by Gasteiger charge is 2.31. The topological polar surface area (TPSA) is 49.4 Å². The Morgan fingerprint density at radius 1 is 1.10 bits per heavy atom. The number of benzene rings is 2. The van der Waals surface area contributed by atoms with Crippen LogP contribution in [0.5, 0.6) is 0 Å². The summed E-state index contributed by atoms with van der Waals surface area (Å²) in [6.07, 6.45) is 4.97. The molecule has 1 aliphatic carbocycles. The lowest BCUT2D eigenvalue weighted by molar-refractivity contribution is -0.141. The first-order valence-electron chi connectivity index (χ1n) is 11.0. The average molecular weight is 461 g/mol. The fourth-order valence-electron chi connectivity index (χ4n) is 4.19. The van der Waals surface area contributed by atoms with Gasteiger partial charge >= 0.3 is 0 Å². The van der Waals surface area contributed by atoms with E-state index in [1.807, 2.05) is 38.1 Å². The first-order chi connectivity index (χ1) is 14.9. The van der Waals surface area contributed by atoms with E-state index >= 15 is 0 Å². The van der Waals surface area contributed by atoms with E-state index in [0.717, 1.165) is 36.8 Å². The van der Waals surface area contributed by atoms with E-state index in [9.17, 15) is 9.59 Å². The van der Waals surface area contributed by atoms with Gasteiger partial charge < -0.3 is 10.2 Å². The van der Waals surface area contributed by atoms with E-state index in [1.165, 1.54) is 0 Å². The fourth-order valence-corrected chi connectivity index (χ4v) is 4.66. The predicted molar refractivity (Wildman–Crippen MR) is 126 cm³/mol. The van der Waals surface area contributed by atoms with E-state index in [0.29, 0.717) is 28.6 Å². The van der Waals surface area contributed by atoms with Crippen LogP contribution in [0.15, 0.2) is 42.5 Å². The predicted octanol–water partition coefficient (Wildman–Crippen LogP) is 5.71. The van der Waals surface area contributed by atoms with Gasteiger partial charge in [-0.1, -0.05) is 73.3 Å². The highest BCUT2D eigenvalue weighted by molar-refractivity contribution is 6.35. The second-order valence-electron chi connectivity index (χ2n) is 8.27. The lowest BCUT2D eigenvalue weighted by Gasteiger charge is -2.32. The van der Waals surface area contributed by atoms with Gasteiger partial charge in [-0.3, -0.25) is 9.59 Å². The molecule has 6 heteroatoms. The molecule has 0 saturated heterocycles. The van der Waals surface area contributed by atoms with Gasteiger partial charge in [0.25, 0.3) is 0 Å². The van der Waals surface area contributed by atoms with E-state index in [4.69, 9.17) is 23.2 Å². The van der Waals surface area contributed by atoms with Crippen molar-refractivity contribution in [3.8, 4) is 0 Å². The van der Waals surface area contributed by atoms with E-state index in [1.54, 1.807) is 23.1 Å². The van der Waals surface area contributed by atoms with Crippen LogP contribution in [0.3, 0.4) is 0 Å². The largest absolute Gasteiger partial charge is 0.352 e. The summed E-state index contributed by atoms with van der Waals surface area (Å²) in [5.74, 6) is -0.195. The highest BCUT2D eigenvalue weighted by Crippen LogP contribution is 2.24. The third-order valence-electron chi connectivity index (χ3n) is 6.05. The number of nitrogens with zero attached hydrogens (tertiary/aromatic N) is 1. The Balaban J connectivity index is 1.85. The standard InChI is InChI=1S/C25H30Cl2N2O2/c1-3-23(25(31)28-21-10-6-7-11-21)29(16-19-9-5-4-8-17(19)2)24(30)14-18-12-13-20(26)15-22(18)27/h4-5,8-9,12-13,15,21,23H,3,6-7,10-11,14,16H2,1-2H3,(H,28,31)/t23-/m1/s1. The Hall–Kier alpha value is -2.04. The second-order valence-corrected chi connectivity index (χ2v) is 9.12. The molecule has 1 atom stereocenters. The number of amides is 2. The summed E-state index contributed by atoms with van der Waals surface area (Å²) in [4.78, 5) is 28.3. The summed E-state index contributed by atoms with van der Waals surface area (Å²) in [5.41, 5.74) is 2.83. The molecule has 0 heterocycles. The molecule has 1 aliphatic rings. The first kappa shape index (κ1) is 23.6. The molecule has 0 aliphatic heterocycles. The maximum atomic E-state index is 13.5. The summed E-state index contributed by atoms with van der Waals surface area (Å²) < 4.78 is 0.